The number of aliphatic carboxylic acids is 1. The highest BCUT2D eigenvalue weighted by Gasteiger charge is 2.64. The van der Waals surface area contributed by atoms with Gasteiger partial charge in [-0.15, -0.1) is 0 Å². The molecule has 41 atom stereocenters. The van der Waals surface area contributed by atoms with Crippen LogP contribution in [-0.4, -0.2) is 419 Å². The Morgan fingerprint density at radius 2 is 0.847 bits per heavy atom. The minimum absolute atomic E-state index is 0.900. The lowest BCUT2D eigenvalue weighted by atomic mass is 9.89. The number of nitrogens with one attached hydrogen (secondary N) is 2. The Balaban J connectivity index is 1.10. The van der Waals surface area contributed by atoms with Crippen molar-refractivity contribution in [2.24, 2.45) is 0 Å². The van der Waals surface area contributed by atoms with Crippen LogP contribution in [0, 0.1) is 0 Å². The van der Waals surface area contributed by atoms with Crippen molar-refractivity contribution in [2.75, 3.05) is 33.0 Å². The third kappa shape index (κ3) is 17.0. The van der Waals surface area contributed by atoms with Crippen molar-refractivity contribution in [1.29, 1.82) is 0 Å². The molecule has 43 nitrogen and oxygen atoms in total. The molecule has 8 rings (SSSR count). The van der Waals surface area contributed by atoms with Gasteiger partial charge in [0.15, 0.2) is 44.0 Å². The Labute approximate surface area is 555 Å². The van der Waals surface area contributed by atoms with Gasteiger partial charge in [0.1, 0.15) is 177 Å². The number of carbonyl (C=O) groups excluding carboxylic acids is 2. The van der Waals surface area contributed by atoms with Gasteiger partial charge in [0.25, 0.3) is 5.79 Å². The van der Waals surface area contributed by atoms with Gasteiger partial charge in [-0.25, -0.2) is 4.79 Å². The molecule has 0 unspecified atom stereocenters. The molecule has 0 aromatic rings. The Kier molecular flexibility index (Phi) is 27.8. The number of aliphatic hydroxyl groups is 22. The van der Waals surface area contributed by atoms with Gasteiger partial charge < -0.3 is 199 Å². The molecule has 25 N–H and O–H groups in total. The lowest BCUT2D eigenvalue weighted by molar-refractivity contribution is -0.408. The number of amides is 2. The number of rotatable bonds is 24. The highest BCUT2D eigenvalue weighted by atomic mass is 16.8. The molecular formula is C55H92N2O41. The molecule has 8 fully saturated rings. The van der Waals surface area contributed by atoms with Crippen LogP contribution < -0.4 is 10.6 Å². The summed E-state index contributed by atoms with van der Waals surface area (Å²) in [4.78, 5) is 39.8. The highest BCUT2D eigenvalue weighted by Crippen LogP contribution is 2.43. The average molecular weight is 1440 g/mol. The van der Waals surface area contributed by atoms with Gasteiger partial charge in [-0.2, -0.15) is 0 Å². The molecule has 8 aliphatic heterocycles. The standard InChI is InChI=1S/C55H92N2O41/c1-12-25(65)32(72)36(76)49(85-12)89-18-6-55(54(82)83,98-46(28(68)17(64)7-58)41(18)93-50-37(77)33(73)26(66)13(2)86-50)97-45-30(70)20(9-60)91-53(40(45)80)95-43-23(56-15(4)62)47(81)88-22(31(43)71)11-84-48-24(57-16(5)63)44(96-51-38(78)34(74)27(67)14(3)87-51)42(21(10-61)92-48)94-52-39(79)35(75)29(69)19(8-59)90-52/h12-14,17-53,58-61,64-81H,6-11H2,1-5H3,(H,56,62)(H,57,63)(H,82,83)/t12-,13-,14-,17+,18-,19+,20+,21+,22+,23+,24+,25+,26+,27+,28+,29-,30-,31-,32+,33-,34+,35-,36-,37-,38-,39+,40+,41+,42+,43+,44+,45-,46-,47-,48+,49-,50-,51-,52-,53-,55+/m0/s1. The zero-order chi connectivity index (χ0) is 72.6. The molecule has 0 spiro atoms. The van der Waals surface area contributed by atoms with E-state index in [4.69, 9.17) is 71.1 Å². The topological polar surface area (TPSA) is 679 Å². The third-order valence-electron chi connectivity index (χ3n) is 18.3. The lowest BCUT2D eigenvalue weighted by Gasteiger charge is -2.52. The maximum Gasteiger partial charge on any atom is 0.364 e. The summed E-state index contributed by atoms with van der Waals surface area (Å²) in [5.74, 6) is -7.60. The Bertz CT molecular complexity index is 2560. The lowest BCUT2D eigenvalue weighted by Crippen LogP contribution is -2.71. The predicted molar refractivity (Wildman–Crippen MR) is 301 cm³/mol. The first-order valence-electron chi connectivity index (χ1n) is 31.3. The minimum atomic E-state index is -3.51. The molecule has 0 saturated carbocycles. The second-order valence-corrected chi connectivity index (χ2v) is 25.3. The summed E-state index contributed by atoms with van der Waals surface area (Å²) < 4.78 is 88.2. The Hall–Kier alpha value is -3.07. The smallest absolute Gasteiger partial charge is 0.364 e. The summed E-state index contributed by atoms with van der Waals surface area (Å²) >= 11 is 0. The summed E-state index contributed by atoms with van der Waals surface area (Å²) in [6, 6.07) is -3.73. The summed E-state index contributed by atoms with van der Waals surface area (Å²) in [7, 11) is 0. The van der Waals surface area contributed by atoms with Crippen LogP contribution in [0.4, 0.5) is 0 Å². The average Bonchev–Trinajstić information content (AvgIpc) is 0.752. The molecule has 98 heavy (non-hydrogen) atoms. The van der Waals surface area contributed by atoms with Crippen LogP contribution >= 0.6 is 0 Å². The van der Waals surface area contributed by atoms with Crippen LogP contribution in [0.1, 0.15) is 41.0 Å². The fourth-order valence-electron chi connectivity index (χ4n) is 12.7. The fourth-order valence-corrected chi connectivity index (χ4v) is 12.7. The van der Waals surface area contributed by atoms with Gasteiger partial charge in [0, 0.05) is 20.3 Å². The molecule has 0 radical (unpaired) electrons. The van der Waals surface area contributed by atoms with E-state index in [-0.39, 0.29) is 0 Å². The van der Waals surface area contributed by atoms with Gasteiger partial charge in [0.2, 0.25) is 11.8 Å². The van der Waals surface area contributed by atoms with E-state index in [2.05, 4.69) is 10.6 Å². The van der Waals surface area contributed by atoms with Gasteiger partial charge in [-0.3, -0.25) is 9.59 Å². The van der Waals surface area contributed by atoms with E-state index < -0.39 is 308 Å². The van der Waals surface area contributed by atoms with Crippen molar-refractivity contribution in [3.63, 3.8) is 0 Å². The zero-order valence-corrected chi connectivity index (χ0v) is 53.0. The zero-order valence-electron chi connectivity index (χ0n) is 53.0. The van der Waals surface area contributed by atoms with E-state index in [0.717, 1.165) is 13.8 Å². The number of hydrogen-bond acceptors (Lipinski definition) is 40. The molecule has 0 aromatic heterocycles. The van der Waals surface area contributed by atoms with E-state index in [1.165, 1.54) is 20.8 Å². The van der Waals surface area contributed by atoms with E-state index in [9.17, 15) is 132 Å². The normalized spacial score (nSPS) is 50.2. The van der Waals surface area contributed by atoms with Gasteiger partial charge >= 0.3 is 5.97 Å². The minimum Gasteiger partial charge on any atom is -0.477 e. The molecule has 8 heterocycles. The van der Waals surface area contributed by atoms with Crippen LogP contribution in [0.2, 0.25) is 0 Å². The van der Waals surface area contributed by atoms with Crippen LogP contribution in [0.15, 0.2) is 0 Å². The number of ether oxygens (including phenoxy) is 15. The highest BCUT2D eigenvalue weighted by molar-refractivity contribution is 5.76. The number of carboxylic acids is 1. The van der Waals surface area contributed by atoms with Crippen LogP contribution in [-0.2, 0) is 85.4 Å². The molecular weight excluding hydrogens is 1340 g/mol. The van der Waals surface area contributed by atoms with Crippen molar-refractivity contribution in [3.05, 3.63) is 0 Å². The molecule has 2 amide bonds. The van der Waals surface area contributed by atoms with Crippen LogP contribution in [0.25, 0.3) is 0 Å². The molecule has 0 aliphatic carbocycles. The van der Waals surface area contributed by atoms with Crippen LogP contribution in [0.5, 0.6) is 0 Å². The van der Waals surface area contributed by atoms with Crippen molar-refractivity contribution >= 4 is 17.8 Å². The summed E-state index contributed by atoms with van der Waals surface area (Å²) in [5, 5.41) is 257. The summed E-state index contributed by atoms with van der Waals surface area (Å²) in [5.41, 5.74) is 0. The first-order chi connectivity index (χ1) is 46.0. The number of carboxylic acid groups (broad SMARTS) is 1. The monoisotopic (exact) mass is 1440 g/mol. The first kappa shape index (κ1) is 80.6. The largest absolute Gasteiger partial charge is 0.477 e. The van der Waals surface area contributed by atoms with E-state index in [1.54, 1.807) is 0 Å². The fraction of sp³-hybridized carbons (Fsp3) is 0.945. The van der Waals surface area contributed by atoms with Gasteiger partial charge in [0.05, 0.1) is 57.5 Å². The predicted octanol–water partition coefficient (Wildman–Crippen LogP) is -15.9. The van der Waals surface area contributed by atoms with Crippen LogP contribution in [0.3, 0.4) is 0 Å². The first-order valence-corrected chi connectivity index (χ1v) is 31.3. The van der Waals surface area contributed by atoms with Crippen molar-refractivity contribution in [3.8, 4) is 0 Å². The van der Waals surface area contributed by atoms with Gasteiger partial charge in [-0.1, -0.05) is 0 Å². The summed E-state index contributed by atoms with van der Waals surface area (Å²) in [6.07, 6.45) is -78.7. The number of carbonyl (C=O) groups is 3. The molecule has 8 aliphatic rings. The summed E-state index contributed by atoms with van der Waals surface area (Å²) in [6.45, 7) is -0.00582. The number of hydrogen-bond donors (Lipinski definition) is 25. The second-order valence-electron chi connectivity index (χ2n) is 25.3. The van der Waals surface area contributed by atoms with Crippen molar-refractivity contribution in [2.45, 2.75) is 292 Å². The molecule has 568 valence electrons. The van der Waals surface area contributed by atoms with E-state index >= 15 is 0 Å². The molecule has 0 aromatic carbocycles. The Morgan fingerprint density at radius 3 is 1.33 bits per heavy atom. The quantitative estimate of drug-likeness (QED) is 0.0427. The van der Waals surface area contributed by atoms with E-state index in [1.807, 2.05) is 0 Å². The van der Waals surface area contributed by atoms with Crippen molar-refractivity contribution < 1.29 is 203 Å². The molecule has 8 saturated heterocycles. The molecule has 43 heteroatoms. The SMILES string of the molecule is CC(=O)N[C@@H]1[C@@H](O[C@@H]2O[C@H](CO)[C@H](O)[C@H](O[C@]3(C(=O)O)C[C@H](O[C@@H]4O[C@@H](C)[C@@H](O)[C@@H](O)[C@@H]4O)[C@@H](O[C@@H]4O[C@@H](C)[C@@H](O)[C@H](O)[C@@H]4O)[C@H]([C@H](O)[C@H](O)CO)O3)[C@H]2O)[C@@H](O)[C@@H](CO[C@@H]2O[C@H](CO)[C@@H](O[C@@H]3O[C@H](CO)[C@H](O)[C@H](O)[C@H]3O)[C@H](O[C@@H]3O[C@@H](C)[C@@H](O)[C@@H](O)[C@@H]3O)[C@H]2NC(C)=O)O[C@@H]1O. The Morgan fingerprint density at radius 1 is 0.439 bits per heavy atom. The van der Waals surface area contributed by atoms with Gasteiger partial charge in [-0.05, 0) is 20.8 Å². The van der Waals surface area contributed by atoms with E-state index in [0.29, 0.717) is 0 Å². The maximum absolute atomic E-state index is 13.9. The molecule has 0 bridgehead atoms. The number of aliphatic hydroxyl groups excluding tert-OH is 22. The second kappa shape index (κ2) is 33.8. The maximum atomic E-state index is 13.9. The third-order valence-corrected chi connectivity index (χ3v) is 18.3. The van der Waals surface area contributed by atoms with Crippen molar-refractivity contribution in [1.82, 2.24) is 10.6 Å².